The number of benzene rings is 3. The maximum atomic E-state index is 13.3. The number of nitrogens with zero attached hydrogens (tertiary/aromatic N) is 3. The minimum absolute atomic E-state index is 0.258. The number of para-hydroxylation sites is 2. The molecule has 0 radical (unpaired) electrons. The van der Waals surface area contributed by atoms with Gasteiger partial charge in [-0.25, -0.2) is 12.7 Å². The molecule has 31 heavy (non-hydrogen) atoms. The van der Waals surface area contributed by atoms with Crippen LogP contribution in [-0.4, -0.2) is 24.9 Å². The minimum atomic E-state index is -3.72. The summed E-state index contributed by atoms with van der Waals surface area (Å²) >= 11 is 0. The second-order valence-corrected chi connectivity index (χ2v) is 9.04. The second kappa shape index (κ2) is 7.85. The number of pyridine rings is 1. The summed E-state index contributed by atoms with van der Waals surface area (Å²) in [5.41, 5.74) is 3.91. The zero-order valence-corrected chi connectivity index (χ0v) is 17.4. The van der Waals surface area contributed by atoms with Crippen LogP contribution >= 0.6 is 0 Å². The summed E-state index contributed by atoms with van der Waals surface area (Å²) in [6, 6.07) is 26.4. The van der Waals surface area contributed by atoms with Crippen LogP contribution in [0.15, 0.2) is 96.3 Å². The van der Waals surface area contributed by atoms with Gasteiger partial charge in [0, 0.05) is 10.9 Å². The lowest BCUT2D eigenvalue weighted by molar-refractivity contribution is 0.130. The maximum absolute atomic E-state index is 13.3. The van der Waals surface area contributed by atoms with Crippen molar-refractivity contribution in [2.75, 3.05) is 10.1 Å². The highest BCUT2D eigenvalue weighted by molar-refractivity contribution is 7.94. The molecule has 0 atom stereocenters. The zero-order valence-electron chi connectivity index (χ0n) is 16.5. The fourth-order valence-corrected chi connectivity index (χ4v) is 5.23. The van der Waals surface area contributed by atoms with E-state index >= 15 is 0 Å². The Kier molecular flexibility index (Phi) is 4.88. The molecule has 1 aliphatic rings. The molecule has 7 heteroatoms. The molecule has 0 fully saturated rings. The molecule has 4 aromatic rings. The Bertz CT molecular complexity index is 1390. The van der Waals surface area contributed by atoms with Gasteiger partial charge in [0.1, 0.15) is 18.1 Å². The topological polar surface area (TPSA) is 71.9 Å². The van der Waals surface area contributed by atoms with Crippen molar-refractivity contribution in [3.8, 4) is 0 Å². The molecule has 0 bridgehead atoms. The van der Waals surface area contributed by atoms with E-state index in [4.69, 9.17) is 4.84 Å². The average molecular weight is 430 g/mol. The van der Waals surface area contributed by atoms with Crippen molar-refractivity contribution >= 4 is 38.0 Å². The van der Waals surface area contributed by atoms with E-state index in [1.54, 1.807) is 12.3 Å². The fourth-order valence-electron chi connectivity index (χ4n) is 3.66. The highest BCUT2D eigenvalue weighted by Gasteiger charge is 2.35. The fraction of sp³-hybridized carbons (Fsp3) is 0.0833. The Morgan fingerprint density at radius 2 is 1.68 bits per heavy atom. The van der Waals surface area contributed by atoms with Crippen LogP contribution in [0, 0.1) is 0 Å². The summed E-state index contributed by atoms with van der Waals surface area (Å²) in [6.07, 6.45) is 1.59. The Hall–Kier alpha value is -3.71. The van der Waals surface area contributed by atoms with E-state index in [9.17, 15) is 8.42 Å². The van der Waals surface area contributed by atoms with Gasteiger partial charge in [0.2, 0.25) is 10.0 Å². The molecule has 2 heterocycles. The Labute approximate surface area is 180 Å². The van der Waals surface area contributed by atoms with Gasteiger partial charge in [-0.15, -0.1) is 0 Å². The van der Waals surface area contributed by atoms with Crippen LogP contribution < -0.4 is 4.31 Å². The van der Waals surface area contributed by atoms with Gasteiger partial charge in [0.05, 0.1) is 23.1 Å². The Balaban J connectivity index is 1.54. The summed E-state index contributed by atoms with van der Waals surface area (Å²) < 4.78 is 27.9. The number of rotatable bonds is 4. The molecule has 1 aliphatic heterocycles. The SMILES string of the molecule is O=S1(=O)CC(=NOCc2ccccc2)c2ccccc2N1c1cnc2ccccc2c1. The van der Waals surface area contributed by atoms with Crippen LogP contribution in [0.5, 0.6) is 0 Å². The molecular weight excluding hydrogens is 410 g/mol. The lowest BCUT2D eigenvalue weighted by atomic mass is 10.1. The van der Waals surface area contributed by atoms with Gasteiger partial charge in [0.15, 0.2) is 0 Å². The number of sulfonamides is 1. The molecule has 0 aliphatic carbocycles. The molecule has 0 N–H and O–H groups in total. The second-order valence-electron chi connectivity index (χ2n) is 7.22. The van der Waals surface area contributed by atoms with Gasteiger partial charge in [-0.05, 0) is 23.8 Å². The molecule has 5 rings (SSSR count). The van der Waals surface area contributed by atoms with Crippen molar-refractivity contribution in [2.24, 2.45) is 5.16 Å². The Morgan fingerprint density at radius 1 is 0.935 bits per heavy atom. The molecule has 0 saturated heterocycles. The summed E-state index contributed by atoms with van der Waals surface area (Å²) in [5.74, 6) is -0.258. The molecule has 0 unspecified atom stereocenters. The van der Waals surface area contributed by atoms with Gasteiger partial charge in [-0.3, -0.25) is 4.98 Å². The van der Waals surface area contributed by atoms with Crippen LogP contribution in [0.25, 0.3) is 10.9 Å². The molecule has 6 nitrogen and oxygen atoms in total. The summed E-state index contributed by atoms with van der Waals surface area (Å²) in [5, 5.41) is 5.06. The van der Waals surface area contributed by atoms with Crippen molar-refractivity contribution < 1.29 is 13.3 Å². The Morgan fingerprint density at radius 3 is 2.55 bits per heavy atom. The molecule has 1 aromatic heterocycles. The van der Waals surface area contributed by atoms with E-state index < -0.39 is 10.0 Å². The van der Waals surface area contributed by atoms with Crippen molar-refractivity contribution in [1.82, 2.24) is 4.98 Å². The van der Waals surface area contributed by atoms with Gasteiger partial charge in [0.25, 0.3) is 0 Å². The first-order chi connectivity index (χ1) is 15.1. The number of fused-ring (bicyclic) bond motifs is 2. The summed E-state index contributed by atoms with van der Waals surface area (Å²) in [6.45, 7) is 0.269. The van der Waals surface area contributed by atoms with Gasteiger partial charge >= 0.3 is 0 Å². The number of hydrogen-bond donors (Lipinski definition) is 0. The van der Waals surface area contributed by atoms with Crippen molar-refractivity contribution in [3.63, 3.8) is 0 Å². The predicted octanol–water partition coefficient (Wildman–Crippen LogP) is 4.64. The number of anilines is 2. The first kappa shape index (κ1) is 19.3. The number of oxime groups is 1. The van der Waals surface area contributed by atoms with Crippen molar-refractivity contribution in [1.29, 1.82) is 0 Å². The lowest BCUT2D eigenvalue weighted by Crippen LogP contribution is -2.38. The van der Waals surface area contributed by atoms with Gasteiger partial charge < -0.3 is 4.84 Å². The van der Waals surface area contributed by atoms with E-state index in [1.807, 2.05) is 78.9 Å². The molecule has 3 aromatic carbocycles. The molecule has 154 valence electrons. The molecular formula is C24H19N3O3S. The number of hydrogen-bond acceptors (Lipinski definition) is 5. The first-order valence-corrected chi connectivity index (χ1v) is 11.4. The maximum Gasteiger partial charge on any atom is 0.245 e. The highest BCUT2D eigenvalue weighted by atomic mass is 32.2. The lowest BCUT2D eigenvalue weighted by Gasteiger charge is -2.31. The molecule has 0 amide bonds. The van der Waals surface area contributed by atoms with Crippen LogP contribution in [-0.2, 0) is 21.5 Å². The van der Waals surface area contributed by atoms with Crippen LogP contribution in [0.4, 0.5) is 11.4 Å². The monoisotopic (exact) mass is 429 g/mol. The third kappa shape index (κ3) is 3.75. The summed E-state index contributed by atoms with van der Waals surface area (Å²) in [7, 11) is -3.72. The normalized spacial score (nSPS) is 16.3. The van der Waals surface area contributed by atoms with E-state index in [1.165, 1.54) is 4.31 Å². The smallest absolute Gasteiger partial charge is 0.245 e. The quantitative estimate of drug-likeness (QED) is 0.443. The van der Waals surface area contributed by atoms with Crippen LogP contribution in [0.2, 0.25) is 0 Å². The van der Waals surface area contributed by atoms with E-state index in [0.717, 1.165) is 22.0 Å². The standard InChI is InChI=1S/C24H19N3O3S/c28-31(29)17-23(26-30-16-18-8-2-1-3-9-18)21-11-5-7-13-24(21)27(31)20-14-19-10-4-6-12-22(19)25-15-20/h1-15H,16-17H2. The molecule has 0 spiro atoms. The van der Waals surface area contributed by atoms with E-state index in [2.05, 4.69) is 10.1 Å². The third-order valence-electron chi connectivity index (χ3n) is 5.09. The minimum Gasteiger partial charge on any atom is -0.391 e. The van der Waals surface area contributed by atoms with E-state index in [0.29, 0.717) is 17.1 Å². The number of aromatic nitrogens is 1. The average Bonchev–Trinajstić information content (AvgIpc) is 2.79. The predicted molar refractivity (Wildman–Crippen MR) is 122 cm³/mol. The largest absolute Gasteiger partial charge is 0.391 e. The molecule has 0 saturated carbocycles. The first-order valence-electron chi connectivity index (χ1n) is 9.82. The van der Waals surface area contributed by atoms with Crippen molar-refractivity contribution in [2.45, 2.75) is 6.61 Å². The van der Waals surface area contributed by atoms with Crippen molar-refractivity contribution in [3.05, 3.63) is 102 Å². The third-order valence-corrected chi connectivity index (χ3v) is 6.69. The van der Waals surface area contributed by atoms with Gasteiger partial charge in [-0.2, -0.15) is 0 Å². The van der Waals surface area contributed by atoms with Crippen LogP contribution in [0.3, 0.4) is 0 Å². The van der Waals surface area contributed by atoms with Crippen LogP contribution in [0.1, 0.15) is 11.1 Å². The summed E-state index contributed by atoms with van der Waals surface area (Å²) in [4.78, 5) is 9.94. The van der Waals surface area contributed by atoms with E-state index in [-0.39, 0.29) is 12.4 Å². The zero-order chi connectivity index (χ0) is 21.3. The highest BCUT2D eigenvalue weighted by Crippen LogP contribution is 2.37. The van der Waals surface area contributed by atoms with Gasteiger partial charge in [-0.1, -0.05) is 71.9 Å².